The number of benzene rings is 1. The van der Waals surface area contributed by atoms with Gasteiger partial charge in [-0.1, -0.05) is 0 Å². The minimum atomic E-state index is -4.19. The Morgan fingerprint density at radius 2 is 1.15 bits per heavy atom. The highest BCUT2D eigenvalue weighted by Gasteiger charge is 2.32. The molecule has 20 heavy (non-hydrogen) atoms. The van der Waals surface area contributed by atoms with E-state index in [1.807, 2.05) is 0 Å². The molecule has 0 bridgehead atoms. The smallest absolute Gasteiger partial charge is 0.262 e. The van der Waals surface area contributed by atoms with Crippen molar-refractivity contribution in [2.24, 2.45) is 0 Å². The largest absolute Gasteiger partial charge is 0.270 e. The highest BCUT2D eigenvalue weighted by molar-refractivity contribution is 7.87. The lowest BCUT2D eigenvalue weighted by Gasteiger charge is -2.17. The zero-order valence-corrected chi connectivity index (χ0v) is 11.5. The van der Waals surface area contributed by atoms with Crippen LogP contribution >= 0.6 is 0 Å². The Bertz CT molecular complexity index is 598. The SMILES string of the molecule is CC(OS(=O)(=O)C(C)C)c1c(F)c(F)c(F)c(F)c1F. The molecule has 0 aliphatic rings. The molecular formula is C11H11F5O3S. The molecule has 0 amide bonds. The lowest BCUT2D eigenvalue weighted by atomic mass is 10.1. The highest BCUT2D eigenvalue weighted by Crippen LogP contribution is 2.30. The molecule has 0 aliphatic heterocycles. The van der Waals surface area contributed by atoms with Crippen LogP contribution in [0.2, 0.25) is 0 Å². The maximum Gasteiger partial charge on any atom is 0.270 e. The molecule has 0 saturated carbocycles. The third-order valence-electron chi connectivity index (χ3n) is 2.51. The van der Waals surface area contributed by atoms with Gasteiger partial charge in [-0.2, -0.15) is 8.42 Å². The van der Waals surface area contributed by atoms with E-state index >= 15 is 0 Å². The van der Waals surface area contributed by atoms with Gasteiger partial charge in [-0.15, -0.1) is 0 Å². The van der Waals surface area contributed by atoms with E-state index in [2.05, 4.69) is 4.18 Å². The summed E-state index contributed by atoms with van der Waals surface area (Å²) < 4.78 is 93.0. The van der Waals surface area contributed by atoms with Crippen molar-refractivity contribution in [3.05, 3.63) is 34.6 Å². The lowest BCUT2D eigenvalue weighted by Crippen LogP contribution is -2.21. The molecule has 0 heterocycles. The Balaban J connectivity index is 3.35. The summed E-state index contributed by atoms with van der Waals surface area (Å²) in [6.45, 7) is 3.35. The molecule has 9 heteroatoms. The van der Waals surface area contributed by atoms with E-state index in [-0.39, 0.29) is 0 Å². The van der Waals surface area contributed by atoms with Gasteiger partial charge in [-0.3, -0.25) is 4.18 Å². The van der Waals surface area contributed by atoms with E-state index in [1.54, 1.807) is 0 Å². The molecular weight excluding hydrogens is 307 g/mol. The van der Waals surface area contributed by atoms with Crippen LogP contribution in [-0.2, 0) is 14.3 Å². The Morgan fingerprint density at radius 1 is 0.800 bits per heavy atom. The van der Waals surface area contributed by atoms with Crippen molar-refractivity contribution in [1.29, 1.82) is 0 Å². The van der Waals surface area contributed by atoms with E-state index in [4.69, 9.17) is 0 Å². The molecule has 1 aromatic rings. The molecule has 0 radical (unpaired) electrons. The van der Waals surface area contributed by atoms with Gasteiger partial charge in [-0.05, 0) is 20.8 Å². The van der Waals surface area contributed by atoms with Crippen molar-refractivity contribution in [3.63, 3.8) is 0 Å². The zero-order valence-electron chi connectivity index (χ0n) is 10.7. The molecule has 0 aromatic heterocycles. The predicted octanol–water partition coefficient (Wildman–Crippen LogP) is 3.20. The fraction of sp³-hybridized carbons (Fsp3) is 0.455. The summed E-state index contributed by atoms with van der Waals surface area (Å²) in [5.74, 6) is -10.9. The standard InChI is InChI=1S/C11H11F5O3S/c1-4(2)20(17,18)19-5(3)6-7(12)9(14)11(16)10(15)8(6)13/h4-5H,1-3H3. The van der Waals surface area contributed by atoms with Crippen LogP contribution in [0.25, 0.3) is 0 Å². The monoisotopic (exact) mass is 318 g/mol. The second-order valence-electron chi connectivity index (χ2n) is 4.26. The van der Waals surface area contributed by atoms with Gasteiger partial charge in [0.15, 0.2) is 23.3 Å². The van der Waals surface area contributed by atoms with Crippen molar-refractivity contribution >= 4 is 10.1 Å². The van der Waals surface area contributed by atoms with Gasteiger partial charge in [0, 0.05) is 0 Å². The molecule has 0 N–H and O–H groups in total. The third-order valence-corrected chi connectivity index (χ3v) is 4.22. The van der Waals surface area contributed by atoms with Crippen molar-refractivity contribution in [3.8, 4) is 0 Å². The lowest BCUT2D eigenvalue weighted by molar-refractivity contribution is 0.213. The Labute approximate surface area is 112 Å². The van der Waals surface area contributed by atoms with E-state index < -0.39 is 56.1 Å². The molecule has 0 spiro atoms. The predicted molar refractivity (Wildman–Crippen MR) is 59.8 cm³/mol. The number of halogens is 5. The van der Waals surface area contributed by atoms with Gasteiger partial charge in [0.1, 0.15) is 6.10 Å². The fourth-order valence-electron chi connectivity index (χ4n) is 1.34. The summed E-state index contributed by atoms with van der Waals surface area (Å²) in [5, 5.41) is -1.04. The van der Waals surface area contributed by atoms with E-state index in [0.717, 1.165) is 6.92 Å². The number of rotatable bonds is 4. The fourth-order valence-corrected chi connectivity index (χ4v) is 2.06. The van der Waals surface area contributed by atoms with E-state index in [1.165, 1.54) is 13.8 Å². The molecule has 0 saturated heterocycles. The molecule has 1 unspecified atom stereocenters. The summed E-state index contributed by atoms with van der Waals surface area (Å²) in [5.41, 5.74) is -1.33. The van der Waals surface area contributed by atoms with Crippen molar-refractivity contribution in [1.82, 2.24) is 0 Å². The summed E-state index contributed by atoms with van der Waals surface area (Å²) in [6.07, 6.45) is -1.85. The maximum atomic E-state index is 13.4. The van der Waals surface area contributed by atoms with Gasteiger partial charge >= 0.3 is 0 Å². The topological polar surface area (TPSA) is 43.4 Å². The Hall–Kier alpha value is -1.22. The molecule has 1 atom stereocenters. The van der Waals surface area contributed by atoms with Crippen LogP contribution in [0, 0.1) is 29.1 Å². The van der Waals surface area contributed by atoms with Gasteiger partial charge < -0.3 is 0 Å². The summed E-state index contributed by atoms with van der Waals surface area (Å²) in [4.78, 5) is 0. The molecule has 3 nitrogen and oxygen atoms in total. The number of hydrogen-bond acceptors (Lipinski definition) is 3. The second kappa shape index (κ2) is 5.65. The molecule has 0 aliphatic carbocycles. The molecule has 1 rings (SSSR count). The molecule has 0 fully saturated rings. The van der Waals surface area contributed by atoms with Gasteiger partial charge in [0.25, 0.3) is 10.1 Å². The average Bonchev–Trinajstić information content (AvgIpc) is 2.33. The van der Waals surface area contributed by atoms with E-state index in [0.29, 0.717) is 0 Å². The number of hydrogen-bond donors (Lipinski definition) is 0. The summed E-state index contributed by atoms with van der Waals surface area (Å²) in [7, 11) is -4.19. The Kier molecular flexibility index (Phi) is 4.75. The van der Waals surface area contributed by atoms with Crippen molar-refractivity contribution in [2.75, 3.05) is 0 Å². The highest BCUT2D eigenvalue weighted by atomic mass is 32.2. The van der Waals surface area contributed by atoms with Crippen molar-refractivity contribution in [2.45, 2.75) is 32.1 Å². The Morgan fingerprint density at radius 3 is 1.50 bits per heavy atom. The first-order valence-corrected chi connectivity index (χ1v) is 6.91. The minimum Gasteiger partial charge on any atom is -0.262 e. The summed E-state index contributed by atoms with van der Waals surface area (Å²) >= 11 is 0. The quantitative estimate of drug-likeness (QED) is 0.371. The first kappa shape index (κ1) is 16.8. The minimum absolute atomic E-state index is 0.873. The van der Waals surface area contributed by atoms with Gasteiger partial charge in [-0.25, -0.2) is 22.0 Å². The molecule has 114 valence electrons. The van der Waals surface area contributed by atoms with Crippen LogP contribution in [0.3, 0.4) is 0 Å². The second-order valence-corrected chi connectivity index (χ2v) is 6.38. The van der Waals surface area contributed by atoms with Crippen LogP contribution in [0.15, 0.2) is 0 Å². The van der Waals surface area contributed by atoms with Crippen LogP contribution in [0.4, 0.5) is 22.0 Å². The van der Waals surface area contributed by atoms with Gasteiger partial charge in [0.2, 0.25) is 5.82 Å². The normalized spacial score (nSPS) is 13.8. The van der Waals surface area contributed by atoms with Crippen LogP contribution in [0.5, 0.6) is 0 Å². The van der Waals surface area contributed by atoms with Crippen LogP contribution in [0.1, 0.15) is 32.4 Å². The van der Waals surface area contributed by atoms with E-state index in [9.17, 15) is 30.4 Å². The van der Waals surface area contributed by atoms with Crippen LogP contribution in [-0.4, -0.2) is 13.7 Å². The first-order chi connectivity index (χ1) is 9.00. The first-order valence-electron chi connectivity index (χ1n) is 5.44. The van der Waals surface area contributed by atoms with Crippen molar-refractivity contribution < 1.29 is 34.6 Å². The maximum absolute atomic E-state index is 13.4. The molecule has 1 aromatic carbocycles. The van der Waals surface area contributed by atoms with Gasteiger partial charge in [0.05, 0.1) is 10.8 Å². The summed E-state index contributed by atoms with van der Waals surface area (Å²) in [6, 6.07) is 0. The zero-order chi connectivity index (χ0) is 15.8. The van der Waals surface area contributed by atoms with Crippen LogP contribution < -0.4 is 0 Å². The average molecular weight is 318 g/mol. The third kappa shape index (κ3) is 2.93.